The maximum atomic E-state index is 12.4. The number of amides is 1. The van der Waals surface area contributed by atoms with Gasteiger partial charge in [0, 0.05) is 34.7 Å². The molecule has 3 heterocycles. The lowest BCUT2D eigenvalue weighted by Gasteiger charge is -2.21. The average Bonchev–Trinajstić information content (AvgIpc) is 3.32. The monoisotopic (exact) mass is 356 g/mol. The van der Waals surface area contributed by atoms with Crippen LogP contribution in [0.15, 0.2) is 40.3 Å². The summed E-state index contributed by atoms with van der Waals surface area (Å²) in [5, 5.41) is 16.3. The topological polar surface area (TPSA) is 77.8 Å². The summed E-state index contributed by atoms with van der Waals surface area (Å²) in [6, 6.07) is 12.7. The van der Waals surface area contributed by atoms with Gasteiger partial charge in [-0.05, 0) is 55.1 Å². The molecule has 2 bridgehead atoms. The standard InChI is InChI=1S/C17H16N4OS2/c18-9-13-8-16(21-24-13)23-12-4-1-10(2-5-12)17(22)20-15-7-11-3-6-14(15)19-11/h1-2,4-5,8,11,14-15,19H,3,6-7H2,(H,20,22). The molecule has 0 aliphatic carbocycles. The molecule has 3 unspecified atom stereocenters. The smallest absolute Gasteiger partial charge is 0.251 e. The van der Waals surface area contributed by atoms with Crippen LogP contribution >= 0.6 is 23.3 Å². The molecule has 2 N–H and O–H groups in total. The molecule has 3 atom stereocenters. The maximum Gasteiger partial charge on any atom is 0.251 e. The van der Waals surface area contributed by atoms with Crippen molar-refractivity contribution in [2.45, 2.75) is 47.3 Å². The van der Waals surface area contributed by atoms with E-state index in [1.807, 2.05) is 24.3 Å². The van der Waals surface area contributed by atoms with E-state index in [9.17, 15) is 4.79 Å². The lowest BCUT2D eigenvalue weighted by molar-refractivity contribution is 0.0931. The van der Waals surface area contributed by atoms with Crippen LogP contribution in [0.5, 0.6) is 0 Å². The van der Waals surface area contributed by atoms with Crippen molar-refractivity contribution in [3.63, 3.8) is 0 Å². The number of nitrogens with zero attached hydrogens (tertiary/aromatic N) is 2. The summed E-state index contributed by atoms with van der Waals surface area (Å²) in [7, 11) is 0. The SMILES string of the molecule is N#Cc1cc(Sc2ccc(C(=O)NC3CC4CCC3N4)cc2)ns1. The van der Waals surface area contributed by atoms with Crippen molar-refractivity contribution in [1.29, 1.82) is 5.26 Å². The zero-order valence-electron chi connectivity index (χ0n) is 12.9. The van der Waals surface area contributed by atoms with Crippen molar-refractivity contribution in [3.8, 4) is 6.07 Å². The molecule has 1 aromatic heterocycles. The first-order valence-electron chi connectivity index (χ1n) is 7.93. The largest absolute Gasteiger partial charge is 0.348 e. The van der Waals surface area contributed by atoms with Crippen molar-refractivity contribution in [3.05, 3.63) is 40.8 Å². The molecular formula is C17H16N4OS2. The molecule has 2 aromatic rings. The number of carbonyl (C=O) groups excluding carboxylic acids is 1. The molecule has 0 spiro atoms. The minimum atomic E-state index is -0.00803. The van der Waals surface area contributed by atoms with Gasteiger partial charge in [-0.15, -0.1) is 0 Å². The van der Waals surface area contributed by atoms with Gasteiger partial charge >= 0.3 is 0 Å². The van der Waals surface area contributed by atoms with E-state index in [0.29, 0.717) is 22.5 Å². The Hall–Kier alpha value is -1.88. The Morgan fingerprint density at radius 3 is 2.83 bits per heavy atom. The molecular weight excluding hydrogens is 340 g/mol. The molecule has 24 heavy (non-hydrogen) atoms. The van der Waals surface area contributed by atoms with Crippen molar-refractivity contribution < 1.29 is 4.79 Å². The number of hydrogen-bond donors (Lipinski definition) is 2. The highest BCUT2D eigenvalue weighted by Gasteiger charge is 2.39. The molecule has 2 saturated heterocycles. The van der Waals surface area contributed by atoms with E-state index >= 15 is 0 Å². The van der Waals surface area contributed by atoms with E-state index in [-0.39, 0.29) is 11.9 Å². The third kappa shape index (κ3) is 3.18. The summed E-state index contributed by atoms with van der Waals surface area (Å²) in [6.07, 6.45) is 3.42. The highest BCUT2D eigenvalue weighted by Crippen LogP contribution is 2.30. The van der Waals surface area contributed by atoms with Crippen LogP contribution in [0, 0.1) is 11.3 Å². The molecule has 2 fully saturated rings. The second kappa shape index (κ2) is 6.55. The highest BCUT2D eigenvalue weighted by molar-refractivity contribution is 7.99. The van der Waals surface area contributed by atoms with Crippen LogP contribution in [0.25, 0.3) is 0 Å². The second-order valence-electron chi connectivity index (χ2n) is 6.13. The fourth-order valence-electron chi connectivity index (χ4n) is 3.39. The van der Waals surface area contributed by atoms with Crippen molar-refractivity contribution in [1.82, 2.24) is 15.0 Å². The fourth-order valence-corrected chi connectivity index (χ4v) is 4.86. The number of aromatic nitrogens is 1. The lowest BCUT2D eigenvalue weighted by Crippen LogP contribution is -2.42. The first kappa shape index (κ1) is 15.6. The van der Waals surface area contributed by atoms with Crippen LogP contribution in [0.3, 0.4) is 0 Å². The maximum absolute atomic E-state index is 12.4. The normalized spacial score (nSPS) is 24.7. The number of benzene rings is 1. The molecule has 0 radical (unpaired) electrons. The number of carbonyl (C=O) groups is 1. The molecule has 0 saturated carbocycles. The summed E-state index contributed by atoms with van der Waals surface area (Å²) in [4.78, 5) is 14.0. The molecule has 7 heteroatoms. The van der Waals surface area contributed by atoms with Crippen LogP contribution in [-0.4, -0.2) is 28.4 Å². The van der Waals surface area contributed by atoms with Gasteiger partial charge in [0.2, 0.25) is 0 Å². The molecule has 1 amide bonds. The molecule has 1 aromatic carbocycles. The Kier molecular flexibility index (Phi) is 4.27. The van der Waals surface area contributed by atoms with Gasteiger partial charge < -0.3 is 10.6 Å². The van der Waals surface area contributed by atoms with Gasteiger partial charge in [0.25, 0.3) is 5.91 Å². The van der Waals surface area contributed by atoms with Gasteiger partial charge in [0.1, 0.15) is 16.0 Å². The Bertz CT molecular complexity index is 796. The van der Waals surface area contributed by atoms with Gasteiger partial charge in [-0.1, -0.05) is 11.8 Å². The van der Waals surface area contributed by atoms with Crippen molar-refractivity contribution >= 4 is 29.2 Å². The van der Waals surface area contributed by atoms with Crippen molar-refractivity contribution in [2.24, 2.45) is 0 Å². The predicted octanol–water partition coefficient (Wildman–Crippen LogP) is 2.79. The predicted molar refractivity (Wildman–Crippen MR) is 93.2 cm³/mol. The number of nitriles is 1. The zero-order valence-corrected chi connectivity index (χ0v) is 14.5. The quantitative estimate of drug-likeness (QED) is 0.881. The van der Waals surface area contributed by atoms with Crippen LogP contribution in [0.4, 0.5) is 0 Å². The highest BCUT2D eigenvalue weighted by atomic mass is 32.2. The first-order chi connectivity index (χ1) is 11.7. The van der Waals surface area contributed by atoms with Gasteiger partial charge in [-0.25, -0.2) is 0 Å². The molecule has 2 aliphatic heterocycles. The molecule has 4 rings (SSSR count). The summed E-state index contributed by atoms with van der Waals surface area (Å²) < 4.78 is 4.23. The van der Waals surface area contributed by atoms with E-state index in [0.717, 1.165) is 22.8 Å². The van der Waals surface area contributed by atoms with Crippen LogP contribution < -0.4 is 10.6 Å². The van der Waals surface area contributed by atoms with E-state index in [1.54, 1.807) is 6.07 Å². The van der Waals surface area contributed by atoms with Crippen LogP contribution in [0.1, 0.15) is 34.5 Å². The van der Waals surface area contributed by atoms with Gasteiger partial charge in [0.05, 0.1) is 0 Å². The minimum absolute atomic E-state index is 0.00803. The summed E-state index contributed by atoms with van der Waals surface area (Å²) >= 11 is 2.69. The van der Waals surface area contributed by atoms with Crippen LogP contribution in [-0.2, 0) is 0 Å². The summed E-state index contributed by atoms with van der Waals surface area (Å²) in [6.45, 7) is 0. The molecule has 122 valence electrons. The zero-order chi connectivity index (χ0) is 16.5. The van der Waals surface area contributed by atoms with E-state index in [1.165, 1.54) is 29.7 Å². The van der Waals surface area contributed by atoms with Gasteiger partial charge in [0.15, 0.2) is 0 Å². The average molecular weight is 356 g/mol. The van der Waals surface area contributed by atoms with E-state index in [2.05, 4.69) is 21.1 Å². The van der Waals surface area contributed by atoms with Crippen LogP contribution in [0.2, 0.25) is 0 Å². The fraction of sp³-hybridized carbons (Fsp3) is 0.353. The Balaban J connectivity index is 1.38. The Morgan fingerprint density at radius 2 is 2.21 bits per heavy atom. The second-order valence-corrected chi connectivity index (χ2v) is 8.03. The van der Waals surface area contributed by atoms with Gasteiger partial charge in [-0.3, -0.25) is 4.79 Å². The van der Waals surface area contributed by atoms with E-state index in [4.69, 9.17) is 5.26 Å². The first-order valence-corrected chi connectivity index (χ1v) is 9.52. The summed E-state index contributed by atoms with van der Waals surface area (Å²) in [5.74, 6) is -0.00803. The number of rotatable bonds is 4. The minimum Gasteiger partial charge on any atom is -0.348 e. The number of nitrogens with one attached hydrogen (secondary N) is 2. The Morgan fingerprint density at radius 1 is 1.38 bits per heavy atom. The third-order valence-electron chi connectivity index (χ3n) is 4.55. The molecule has 5 nitrogen and oxygen atoms in total. The summed E-state index contributed by atoms with van der Waals surface area (Å²) in [5.41, 5.74) is 0.679. The van der Waals surface area contributed by atoms with E-state index < -0.39 is 0 Å². The third-order valence-corrected chi connectivity index (χ3v) is 6.29. The number of fused-ring (bicyclic) bond motifs is 2. The van der Waals surface area contributed by atoms with Gasteiger partial charge in [-0.2, -0.15) is 9.64 Å². The lowest BCUT2D eigenvalue weighted by atomic mass is 9.95. The van der Waals surface area contributed by atoms with Crippen molar-refractivity contribution in [2.75, 3.05) is 0 Å². The number of hydrogen-bond acceptors (Lipinski definition) is 6. The Labute approximate surface area is 148 Å². The molecule has 2 aliphatic rings.